The van der Waals surface area contributed by atoms with Crippen LogP contribution in [0.15, 0.2) is 65.4 Å². The average molecular weight is 457 g/mol. The van der Waals surface area contributed by atoms with Crippen molar-refractivity contribution in [2.45, 2.75) is 26.5 Å². The van der Waals surface area contributed by atoms with Crippen LogP contribution in [0.2, 0.25) is 0 Å². The standard InChI is InChI=1S/C25H24N6O3/c1-15-21(17-9-11-19(12-10-17)33-18-7-5-4-6-8-18)22-23(26)27-14-28-25(22)31(15)16(2)24-29-20(13-32-3)34-30-24/h4-12,14,16H,13H2,1-3H3,(H2,26,27,28). The van der Waals surface area contributed by atoms with E-state index in [4.69, 9.17) is 19.7 Å². The van der Waals surface area contributed by atoms with Crippen molar-refractivity contribution in [1.29, 1.82) is 0 Å². The largest absolute Gasteiger partial charge is 0.457 e. The highest BCUT2D eigenvalue weighted by Crippen LogP contribution is 2.39. The van der Waals surface area contributed by atoms with Crippen molar-refractivity contribution >= 4 is 16.9 Å². The van der Waals surface area contributed by atoms with Crippen LogP contribution in [0.3, 0.4) is 0 Å². The SMILES string of the molecule is COCc1nc(C(C)n2c(C)c(-c3ccc(Oc4ccccc4)cc3)c3c(N)ncnc32)no1. The molecule has 2 aromatic carbocycles. The molecule has 0 aliphatic carbocycles. The van der Waals surface area contributed by atoms with Crippen LogP contribution in [0.4, 0.5) is 5.82 Å². The number of nitrogen functional groups attached to an aromatic ring is 1. The van der Waals surface area contributed by atoms with Gasteiger partial charge in [-0.3, -0.25) is 0 Å². The van der Waals surface area contributed by atoms with Gasteiger partial charge in [-0.15, -0.1) is 0 Å². The lowest BCUT2D eigenvalue weighted by atomic mass is 10.0. The summed E-state index contributed by atoms with van der Waals surface area (Å²) in [5, 5.41) is 4.92. The Labute approximate surface area is 196 Å². The molecule has 1 atom stereocenters. The first kappa shape index (κ1) is 21.6. The van der Waals surface area contributed by atoms with Crippen LogP contribution in [0, 0.1) is 6.92 Å². The molecule has 5 rings (SSSR count). The van der Waals surface area contributed by atoms with Gasteiger partial charge in [0.1, 0.15) is 35.9 Å². The Bertz CT molecular complexity index is 1430. The quantitative estimate of drug-likeness (QED) is 0.367. The first-order valence-corrected chi connectivity index (χ1v) is 10.8. The molecule has 0 fully saturated rings. The number of rotatable bonds is 7. The molecule has 3 heterocycles. The van der Waals surface area contributed by atoms with Crippen LogP contribution < -0.4 is 10.5 Å². The van der Waals surface area contributed by atoms with E-state index in [1.54, 1.807) is 7.11 Å². The highest BCUT2D eigenvalue weighted by molar-refractivity contribution is 6.02. The lowest BCUT2D eigenvalue weighted by Crippen LogP contribution is -2.11. The van der Waals surface area contributed by atoms with E-state index in [-0.39, 0.29) is 12.6 Å². The Morgan fingerprint density at radius 2 is 1.76 bits per heavy atom. The fourth-order valence-electron chi connectivity index (χ4n) is 4.15. The predicted octanol–water partition coefficient (Wildman–Crippen LogP) is 4.92. The Balaban J connectivity index is 1.57. The van der Waals surface area contributed by atoms with Crippen LogP contribution in [0.25, 0.3) is 22.2 Å². The Kier molecular flexibility index (Phi) is 5.69. The normalized spacial score (nSPS) is 12.2. The first-order valence-electron chi connectivity index (χ1n) is 10.8. The molecule has 0 saturated heterocycles. The molecule has 1 unspecified atom stereocenters. The van der Waals surface area contributed by atoms with Crippen molar-refractivity contribution < 1.29 is 14.0 Å². The third-order valence-electron chi connectivity index (χ3n) is 5.69. The zero-order chi connectivity index (χ0) is 23.7. The van der Waals surface area contributed by atoms with Crippen molar-refractivity contribution in [3.63, 3.8) is 0 Å². The van der Waals surface area contributed by atoms with Gasteiger partial charge in [0.15, 0.2) is 5.82 Å². The molecule has 34 heavy (non-hydrogen) atoms. The van der Waals surface area contributed by atoms with Gasteiger partial charge in [0.05, 0.1) is 11.4 Å². The second-order valence-electron chi connectivity index (χ2n) is 7.88. The molecular weight excluding hydrogens is 432 g/mol. The summed E-state index contributed by atoms with van der Waals surface area (Å²) in [5.74, 6) is 2.88. The summed E-state index contributed by atoms with van der Waals surface area (Å²) in [6.07, 6.45) is 1.47. The molecule has 0 spiro atoms. The summed E-state index contributed by atoms with van der Waals surface area (Å²) in [6.45, 7) is 4.27. The van der Waals surface area contributed by atoms with Crippen molar-refractivity contribution in [3.05, 3.63) is 78.3 Å². The highest BCUT2D eigenvalue weighted by atomic mass is 16.5. The first-order chi connectivity index (χ1) is 16.6. The van der Waals surface area contributed by atoms with E-state index in [2.05, 4.69) is 24.7 Å². The lowest BCUT2D eigenvalue weighted by Gasteiger charge is -2.14. The molecule has 0 saturated carbocycles. The van der Waals surface area contributed by atoms with E-state index in [9.17, 15) is 0 Å². The molecule has 3 aromatic heterocycles. The summed E-state index contributed by atoms with van der Waals surface area (Å²) < 4.78 is 18.4. The number of ether oxygens (including phenoxy) is 2. The topological polar surface area (TPSA) is 114 Å². The fourth-order valence-corrected chi connectivity index (χ4v) is 4.15. The number of hydrogen-bond donors (Lipinski definition) is 1. The number of anilines is 1. The number of nitrogens with zero attached hydrogens (tertiary/aromatic N) is 5. The van der Waals surface area contributed by atoms with Gasteiger partial charge in [0.2, 0.25) is 0 Å². The van der Waals surface area contributed by atoms with E-state index >= 15 is 0 Å². The Hall–Kier alpha value is -4.24. The van der Waals surface area contributed by atoms with Gasteiger partial charge >= 0.3 is 0 Å². The number of hydrogen-bond acceptors (Lipinski definition) is 8. The zero-order valence-corrected chi connectivity index (χ0v) is 19.1. The lowest BCUT2D eigenvalue weighted by molar-refractivity contribution is 0.151. The van der Waals surface area contributed by atoms with Crippen LogP contribution in [0.1, 0.15) is 30.4 Å². The molecular formula is C25H24N6O3. The summed E-state index contributed by atoms with van der Waals surface area (Å²) >= 11 is 0. The predicted molar refractivity (Wildman–Crippen MR) is 127 cm³/mol. The van der Waals surface area contributed by atoms with Gasteiger partial charge in [-0.2, -0.15) is 4.98 Å². The number of aromatic nitrogens is 5. The van der Waals surface area contributed by atoms with E-state index < -0.39 is 0 Å². The number of nitrogens with two attached hydrogens (primary N) is 1. The van der Waals surface area contributed by atoms with E-state index in [0.29, 0.717) is 23.2 Å². The van der Waals surface area contributed by atoms with Gasteiger partial charge in [0.25, 0.3) is 5.89 Å². The Morgan fingerprint density at radius 1 is 1.03 bits per heavy atom. The Morgan fingerprint density at radius 3 is 2.50 bits per heavy atom. The van der Waals surface area contributed by atoms with Gasteiger partial charge in [-0.1, -0.05) is 35.5 Å². The van der Waals surface area contributed by atoms with Crippen molar-refractivity contribution in [2.75, 3.05) is 12.8 Å². The van der Waals surface area contributed by atoms with Crippen LogP contribution in [-0.4, -0.2) is 31.8 Å². The van der Waals surface area contributed by atoms with Gasteiger partial charge in [-0.05, 0) is 43.7 Å². The minimum Gasteiger partial charge on any atom is -0.457 e. The summed E-state index contributed by atoms with van der Waals surface area (Å²) in [4.78, 5) is 13.3. The average Bonchev–Trinajstić information content (AvgIpc) is 3.43. The monoisotopic (exact) mass is 456 g/mol. The number of methoxy groups -OCH3 is 1. The maximum absolute atomic E-state index is 6.34. The summed E-state index contributed by atoms with van der Waals surface area (Å²) in [6, 6.07) is 17.3. The van der Waals surface area contributed by atoms with Gasteiger partial charge < -0.3 is 24.3 Å². The molecule has 0 aliphatic rings. The van der Waals surface area contributed by atoms with E-state index in [1.165, 1.54) is 6.33 Å². The fraction of sp³-hybridized carbons (Fsp3) is 0.200. The van der Waals surface area contributed by atoms with Gasteiger partial charge in [-0.25, -0.2) is 9.97 Å². The van der Waals surface area contributed by atoms with Gasteiger partial charge in [0, 0.05) is 18.4 Å². The van der Waals surface area contributed by atoms with Crippen molar-refractivity contribution in [3.8, 4) is 22.6 Å². The molecule has 9 nitrogen and oxygen atoms in total. The van der Waals surface area contributed by atoms with Crippen LogP contribution >= 0.6 is 0 Å². The van der Waals surface area contributed by atoms with Crippen molar-refractivity contribution in [2.24, 2.45) is 0 Å². The second kappa shape index (κ2) is 8.95. The van der Waals surface area contributed by atoms with Crippen molar-refractivity contribution in [1.82, 2.24) is 24.7 Å². The van der Waals surface area contributed by atoms with Crippen LogP contribution in [-0.2, 0) is 11.3 Å². The highest BCUT2D eigenvalue weighted by Gasteiger charge is 2.25. The van der Waals surface area contributed by atoms with E-state index in [0.717, 1.165) is 33.7 Å². The molecule has 2 N–H and O–H groups in total. The third-order valence-corrected chi connectivity index (χ3v) is 5.69. The third kappa shape index (κ3) is 3.86. The maximum atomic E-state index is 6.34. The molecule has 0 bridgehead atoms. The zero-order valence-electron chi connectivity index (χ0n) is 19.1. The number of benzene rings is 2. The van der Waals surface area contributed by atoms with E-state index in [1.807, 2.05) is 68.4 Å². The maximum Gasteiger partial charge on any atom is 0.252 e. The minimum absolute atomic E-state index is 0.249. The number of fused-ring (bicyclic) bond motifs is 1. The minimum atomic E-state index is -0.249. The molecule has 0 amide bonds. The van der Waals surface area contributed by atoms with Crippen LogP contribution in [0.5, 0.6) is 11.5 Å². The molecule has 9 heteroatoms. The molecule has 172 valence electrons. The summed E-state index contributed by atoms with van der Waals surface area (Å²) in [7, 11) is 1.58. The summed E-state index contributed by atoms with van der Waals surface area (Å²) in [5.41, 5.74) is 9.93. The molecule has 0 aliphatic heterocycles. The smallest absolute Gasteiger partial charge is 0.252 e. The molecule has 0 radical (unpaired) electrons. The molecule has 5 aromatic rings. The second-order valence-corrected chi connectivity index (χ2v) is 7.88. The number of para-hydroxylation sites is 1.